The van der Waals surface area contributed by atoms with E-state index < -0.39 is 5.60 Å². The summed E-state index contributed by atoms with van der Waals surface area (Å²) >= 11 is 0. The number of aliphatic hydroxyl groups is 2. The predicted molar refractivity (Wildman–Crippen MR) is 110 cm³/mol. The van der Waals surface area contributed by atoms with Crippen molar-refractivity contribution in [3.05, 3.63) is 23.3 Å². The summed E-state index contributed by atoms with van der Waals surface area (Å²) in [7, 11) is 0. The Labute approximate surface area is 173 Å². The molecule has 2 bridgehead atoms. The summed E-state index contributed by atoms with van der Waals surface area (Å²) in [6.45, 7) is 4.05. The van der Waals surface area contributed by atoms with Gasteiger partial charge in [0.15, 0.2) is 11.5 Å². The molecule has 5 atom stereocenters. The maximum Gasteiger partial charge on any atom is 0.165 e. The normalized spacial score (nSPS) is 38.7. The molecule has 1 saturated heterocycles. The van der Waals surface area contributed by atoms with Gasteiger partial charge >= 0.3 is 0 Å². The lowest BCUT2D eigenvalue weighted by Gasteiger charge is -2.63. The minimum atomic E-state index is -0.711. The second-order valence-electron chi connectivity index (χ2n) is 10.2. The van der Waals surface area contributed by atoms with Crippen LogP contribution in [0, 0.1) is 5.92 Å². The summed E-state index contributed by atoms with van der Waals surface area (Å²) in [5.74, 6) is 2.39. The number of ether oxygens (including phenoxy) is 2. The Bertz CT molecular complexity index is 823. The van der Waals surface area contributed by atoms with Gasteiger partial charge in [-0.05, 0) is 76.0 Å². The molecule has 1 aromatic carbocycles. The van der Waals surface area contributed by atoms with Crippen molar-refractivity contribution in [1.82, 2.24) is 4.90 Å². The molecule has 0 amide bonds. The molecule has 29 heavy (non-hydrogen) atoms. The molecule has 3 aliphatic carbocycles. The number of likely N-dealkylation sites (tertiary alicyclic amines) is 1. The van der Waals surface area contributed by atoms with E-state index in [0.717, 1.165) is 62.6 Å². The molecule has 1 aromatic rings. The maximum absolute atomic E-state index is 12.3. The second kappa shape index (κ2) is 6.35. The molecule has 5 heteroatoms. The summed E-state index contributed by atoms with van der Waals surface area (Å²) in [5, 5.41) is 21.8. The summed E-state index contributed by atoms with van der Waals surface area (Å²) in [6, 6.07) is 4.41. The molecule has 158 valence electrons. The zero-order chi connectivity index (χ0) is 19.8. The highest BCUT2D eigenvalue weighted by atomic mass is 16.5. The van der Waals surface area contributed by atoms with Crippen molar-refractivity contribution < 1.29 is 19.7 Å². The van der Waals surface area contributed by atoms with E-state index in [1.807, 2.05) is 13.0 Å². The van der Waals surface area contributed by atoms with Crippen LogP contribution in [-0.4, -0.2) is 58.7 Å². The lowest BCUT2D eigenvalue weighted by atomic mass is 9.49. The van der Waals surface area contributed by atoms with E-state index in [1.54, 1.807) is 0 Å². The van der Waals surface area contributed by atoms with Gasteiger partial charge in [0.25, 0.3) is 0 Å². The Morgan fingerprint density at radius 3 is 2.86 bits per heavy atom. The fraction of sp³-hybridized carbons (Fsp3) is 0.750. The minimum absolute atomic E-state index is 0.0206. The predicted octanol–water partition coefficient (Wildman–Crippen LogP) is 2.79. The Morgan fingerprint density at radius 2 is 2.10 bits per heavy atom. The van der Waals surface area contributed by atoms with Crippen molar-refractivity contribution in [3.63, 3.8) is 0 Å². The fourth-order valence-electron chi connectivity index (χ4n) is 7.19. The molecule has 5 nitrogen and oxygen atoms in total. The molecule has 5 aliphatic rings. The molecular weight excluding hydrogens is 366 g/mol. The van der Waals surface area contributed by atoms with Crippen molar-refractivity contribution in [2.24, 2.45) is 5.92 Å². The van der Waals surface area contributed by atoms with Crippen LogP contribution in [-0.2, 0) is 11.8 Å². The first-order chi connectivity index (χ1) is 14.1. The number of hydrogen-bond acceptors (Lipinski definition) is 5. The van der Waals surface area contributed by atoms with Crippen LogP contribution in [0.2, 0.25) is 0 Å². The van der Waals surface area contributed by atoms with Crippen molar-refractivity contribution in [3.8, 4) is 11.5 Å². The minimum Gasteiger partial charge on any atom is -0.485 e. The zero-order valence-electron chi connectivity index (χ0n) is 17.4. The highest BCUT2D eigenvalue weighted by molar-refractivity contribution is 5.62. The zero-order valence-corrected chi connectivity index (χ0v) is 17.4. The molecule has 6 rings (SSSR count). The third-order valence-electron chi connectivity index (χ3n) is 8.76. The van der Waals surface area contributed by atoms with Gasteiger partial charge in [0.2, 0.25) is 0 Å². The van der Waals surface area contributed by atoms with Crippen LogP contribution in [0.5, 0.6) is 11.5 Å². The Morgan fingerprint density at radius 1 is 1.24 bits per heavy atom. The van der Waals surface area contributed by atoms with Crippen LogP contribution in [0.1, 0.15) is 63.0 Å². The SMILES string of the molecule is CC(CO)Oc1ccc2c3c1OC1CCCC4(O)C(C2)N(CC2CCC2)CC[C@]314. The van der Waals surface area contributed by atoms with Gasteiger partial charge in [-0.3, -0.25) is 4.90 Å². The first kappa shape index (κ1) is 18.5. The fourth-order valence-corrected chi connectivity index (χ4v) is 7.19. The Kier molecular flexibility index (Phi) is 4.04. The van der Waals surface area contributed by atoms with Gasteiger partial charge in [0.1, 0.15) is 12.2 Å². The van der Waals surface area contributed by atoms with Gasteiger partial charge < -0.3 is 19.7 Å². The maximum atomic E-state index is 12.3. The third kappa shape index (κ3) is 2.33. The van der Waals surface area contributed by atoms with Crippen LogP contribution in [0.25, 0.3) is 0 Å². The van der Waals surface area contributed by atoms with Crippen molar-refractivity contribution in [2.75, 3.05) is 19.7 Å². The lowest BCUT2D eigenvalue weighted by molar-refractivity contribution is -0.187. The second-order valence-corrected chi connectivity index (χ2v) is 10.2. The van der Waals surface area contributed by atoms with Gasteiger partial charge in [-0.1, -0.05) is 12.5 Å². The van der Waals surface area contributed by atoms with E-state index >= 15 is 0 Å². The summed E-state index contributed by atoms with van der Waals surface area (Å²) in [5.41, 5.74) is 1.56. The number of aliphatic hydroxyl groups excluding tert-OH is 1. The quantitative estimate of drug-likeness (QED) is 0.797. The van der Waals surface area contributed by atoms with Crippen molar-refractivity contribution in [2.45, 2.75) is 87.6 Å². The average molecular weight is 400 g/mol. The monoisotopic (exact) mass is 399 g/mol. The van der Waals surface area contributed by atoms with Gasteiger partial charge in [-0.2, -0.15) is 0 Å². The third-order valence-corrected chi connectivity index (χ3v) is 8.76. The number of nitrogens with zero attached hydrogens (tertiary/aromatic N) is 1. The molecule has 0 aromatic heterocycles. The molecular formula is C24H33NO4. The number of benzene rings is 1. The molecule has 2 N–H and O–H groups in total. The van der Waals surface area contributed by atoms with E-state index in [0.29, 0.717) is 0 Å². The van der Waals surface area contributed by atoms with E-state index in [9.17, 15) is 10.2 Å². The molecule has 2 aliphatic heterocycles. The average Bonchev–Trinajstić information content (AvgIpc) is 3.01. The van der Waals surface area contributed by atoms with Crippen molar-refractivity contribution >= 4 is 0 Å². The van der Waals surface area contributed by atoms with Gasteiger partial charge in [0.05, 0.1) is 17.6 Å². The van der Waals surface area contributed by atoms with Gasteiger partial charge in [0, 0.05) is 18.2 Å². The Hall–Kier alpha value is -1.30. The number of piperidine rings is 1. The number of rotatable bonds is 5. The summed E-state index contributed by atoms with van der Waals surface area (Å²) in [4.78, 5) is 2.62. The molecule has 2 saturated carbocycles. The topological polar surface area (TPSA) is 62.2 Å². The molecule has 3 fully saturated rings. The van der Waals surface area contributed by atoms with Crippen LogP contribution in [0.3, 0.4) is 0 Å². The van der Waals surface area contributed by atoms with Crippen molar-refractivity contribution in [1.29, 1.82) is 0 Å². The molecule has 4 unspecified atom stereocenters. The summed E-state index contributed by atoms with van der Waals surface area (Å²) < 4.78 is 12.6. The molecule has 2 heterocycles. The number of hydrogen-bond donors (Lipinski definition) is 2. The van der Waals surface area contributed by atoms with Crippen LogP contribution >= 0.6 is 0 Å². The van der Waals surface area contributed by atoms with E-state index in [2.05, 4.69) is 11.0 Å². The van der Waals surface area contributed by atoms with Crippen LogP contribution in [0.15, 0.2) is 12.1 Å². The van der Waals surface area contributed by atoms with Crippen LogP contribution < -0.4 is 9.47 Å². The van der Waals surface area contributed by atoms with Gasteiger partial charge in [-0.15, -0.1) is 0 Å². The van der Waals surface area contributed by atoms with Crippen LogP contribution in [0.4, 0.5) is 0 Å². The molecule has 1 spiro atoms. The van der Waals surface area contributed by atoms with E-state index in [4.69, 9.17) is 9.47 Å². The highest BCUT2D eigenvalue weighted by Crippen LogP contribution is 2.65. The van der Waals surface area contributed by atoms with E-state index in [1.165, 1.54) is 30.4 Å². The van der Waals surface area contributed by atoms with E-state index in [-0.39, 0.29) is 30.3 Å². The standard InChI is InChI=1S/C24H33NO4/c1-15(14-26)28-18-8-7-17-12-19-24(27)9-3-6-20-23(24,21(17)22(18)29-20)10-11-25(19)13-16-4-2-5-16/h7-8,15-16,19-20,26-27H,2-6,9-14H2,1H3/t15?,19?,20?,23-,24?/m1/s1. The highest BCUT2D eigenvalue weighted by Gasteiger charge is 2.71. The first-order valence-corrected chi connectivity index (χ1v) is 11.6. The lowest BCUT2D eigenvalue weighted by Crippen LogP contribution is -2.75. The smallest absolute Gasteiger partial charge is 0.165 e. The largest absolute Gasteiger partial charge is 0.485 e. The summed E-state index contributed by atoms with van der Waals surface area (Å²) in [6.07, 6.45) is 8.60. The molecule has 0 radical (unpaired) electrons. The first-order valence-electron chi connectivity index (χ1n) is 11.6. The van der Waals surface area contributed by atoms with Gasteiger partial charge in [-0.25, -0.2) is 0 Å². The Balaban J connectivity index is 1.45.